The van der Waals surface area contributed by atoms with Gasteiger partial charge in [-0.05, 0) is 89.9 Å². The summed E-state index contributed by atoms with van der Waals surface area (Å²) < 4.78 is 5.49. The fourth-order valence-electron chi connectivity index (χ4n) is 9.88. The summed E-state index contributed by atoms with van der Waals surface area (Å²) in [4.78, 5) is 24.5. The second-order valence-corrected chi connectivity index (χ2v) is 22.1. The molecule has 0 radical (unpaired) electrons. The summed E-state index contributed by atoms with van der Waals surface area (Å²) >= 11 is 0. The Morgan fingerprint density at radius 2 is 0.685 bits per heavy atom. The van der Waals surface area contributed by atoms with Crippen molar-refractivity contribution in [2.24, 2.45) is 0 Å². The van der Waals surface area contributed by atoms with Crippen LogP contribution in [0.15, 0.2) is 48.6 Å². The highest BCUT2D eigenvalue weighted by Gasteiger charge is 2.20. The molecule has 0 aromatic carbocycles. The lowest BCUT2D eigenvalue weighted by Crippen LogP contribution is -2.45. The van der Waals surface area contributed by atoms with Crippen LogP contribution in [0.5, 0.6) is 0 Å². The number of nitrogens with one attached hydrogen (secondary N) is 1. The molecule has 0 saturated carbocycles. The topological polar surface area (TPSA) is 95.9 Å². The standard InChI is InChI=1S/C67H125NO5/c1-3-5-7-9-11-13-15-17-18-30-34-37-41-45-49-53-57-61-67(72)73-62-58-54-50-46-42-38-35-32-29-27-25-23-21-19-20-22-24-26-28-31-33-36-40-44-48-52-56-60-66(71)68-64(63-69)65(70)59-55-51-47-43-39-16-14-12-10-8-6-4-2/h11,13,17-20,23,25,64-65,69-70H,3-10,12,14-16,21-22,24,26-63H2,1-2H3,(H,68,71)/b13-11-,18-17-,20-19-,25-23-. The van der Waals surface area contributed by atoms with Crippen molar-refractivity contribution < 1.29 is 24.5 Å². The summed E-state index contributed by atoms with van der Waals surface area (Å²) in [5.74, 6) is -0.0356. The number of hydrogen-bond acceptors (Lipinski definition) is 5. The Morgan fingerprint density at radius 3 is 1.07 bits per heavy atom. The molecule has 0 heterocycles. The van der Waals surface area contributed by atoms with Crippen LogP contribution in [0.2, 0.25) is 0 Å². The molecule has 6 heteroatoms. The second-order valence-electron chi connectivity index (χ2n) is 22.1. The van der Waals surface area contributed by atoms with Gasteiger partial charge in [0.05, 0.1) is 25.4 Å². The van der Waals surface area contributed by atoms with E-state index >= 15 is 0 Å². The van der Waals surface area contributed by atoms with Gasteiger partial charge >= 0.3 is 5.97 Å². The third kappa shape index (κ3) is 58.9. The molecule has 0 spiro atoms. The van der Waals surface area contributed by atoms with E-state index in [0.29, 0.717) is 25.9 Å². The Hall–Kier alpha value is -2.18. The summed E-state index contributed by atoms with van der Waals surface area (Å²) in [5, 5.41) is 23.2. The maximum atomic E-state index is 12.5. The normalized spacial score (nSPS) is 12.9. The summed E-state index contributed by atoms with van der Waals surface area (Å²) in [7, 11) is 0. The average molecular weight is 1020 g/mol. The van der Waals surface area contributed by atoms with Crippen LogP contribution in [0.3, 0.4) is 0 Å². The smallest absolute Gasteiger partial charge is 0.305 e. The lowest BCUT2D eigenvalue weighted by Gasteiger charge is -2.22. The number of carbonyl (C=O) groups is 2. The Morgan fingerprint density at radius 1 is 0.384 bits per heavy atom. The van der Waals surface area contributed by atoms with Gasteiger partial charge < -0.3 is 20.3 Å². The van der Waals surface area contributed by atoms with Gasteiger partial charge in [-0.1, -0.05) is 287 Å². The van der Waals surface area contributed by atoms with Gasteiger partial charge in [-0.3, -0.25) is 9.59 Å². The van der Waals surface area contributed by atoms with Crippen LogP contribution >= 0.6 is 0 Å². The van der Waals surface area contributed by atoms with Gasteiger partial charge in [0, 0.05) is 12.8 Å². The zero-order valence-electron chi connectivity index (χ0n) is 48.9. The van der Waals surface area contributed by atoms with Crippen LogP contribution in [-0.2, 0) is 14.3 Å². The number of esters is 1. The summed E-state index contributed by atoms with van der Waals surface area (Å²) in [5.41, 5.74) is 0. The van der Waals surface area contributed by atoms with E-state index in [9.17, 15) is 19.8 Å². The molecule has 0 aromatic rings. The predicted molar refractivity (Wildman–Crippen MR) is 319 cm³/mol. The molecule has 0 aliphatic rings. The third-order valence-corrected chi connectivity index (χ3v) is 14.9. The molecule has 0 saturated heterocycles. The van der Waals surface area contributed by atoms with Gasteiger partial charge in [0.2, 0.25) is 5.91 Å². The molecule has 1 amide bonds. The number of hydrogen-bond donors (Lipinski definition) is 3. The number of carbonyl (C=O) groups excluding carboxylic acids is 2. The van der Waals surface area contributed by atoms with E-state index in [2.05, 4.69) is 67.8 Å². The molecular formula is C67H125NO5. The molecule has 0 aromatic heterocycles. The fraction of sp³-hybridized carbons (Fsp3) is 0.851. The number of allylic oxidation sites excluding steroid dienone is 8. The van der Waals surface area contributed by atoms with Crippen molar-refractivity contribution in [2.75, 3.05) is 13.2 Å². The van der Waals surface area contributed by atoms with Gasteiger partial charge in [0.1, 0.15) is 0 Å². The quantitative estimate of drug-likeness (QED) is 0.0320. The van der Waals surface area contributed by atoms with Crippen molar-refractivity contribution in [3.63, 3.8) is 0 Å². The van der Waals surface area contributed by atoms with E-state index in [4.69, 9.17) is 4.74 Å². The molecule has 0 rings (SSSR count). The first-order valence-corrected chi connectivity index (χ1v) is 32.4. The molecule has 0 aliphatic heterocycles. The van der Waals surface area contributed by atoms with Gasteiger partial charge in [-0.2, -0.15) is 0 Å². The van der Waals surface area contributed by atoms with Gasteiger partial charge in [-0.25, -0.2) is 0 Å². The number of aliphatic hydroxyl groups excluding tert-OH is 2. The maximum absolute atomic E-state index is 12.5. The Balaban J connectivity index is 3.41. The highest BCUT2D eigenvalue weighted by molar-refractivity contribution is 5.76. The van der Waals surface area contributed by atoms with Crippen LogP contribution in [0.4, 0.5) is 0 Å². The van der Waals surface area contributed by atoms with Crippen molar-refractivity contribution in [3.05, 3.63) is 48.6 Å². The molecule has 428 valence electrons. The van der Waals surface area contributed by atoms with Crippen molar-refractivity contribution in [2.45, 2.75) is 353 Å². The molecule has 0 bridgehead atoms. The number of rotatable bonds is 60. The minimum Gasteiger partial charge on any atom is -0.466 e. The monoisotopic (exact) mass is 1020 g/mol. The number of amides is 1. The van der Waals surface area contributed by atoms with Crippen molar-refractivity contribution >= 4 is 11.9 Å². The van der Waals surface area contributed by atoms with Crippen LogP contribution in [0.25, 0.3) is 0 Å². The first-order valence-electron chi connectivity index (χ1n) is 32.4. The molecule has 2 unspecified atom stereocenters. The SMILES string of the molecule is CCCCC/C=C\C/C=C\CCCCCCCCCC(=O)OCCCCCCCCCCC/C=C\C/C=C\CCCCCCCCCCCCCC(=O)NC(CO)C(O)CCCCCCCCCCCCCC. The highest BCUT2D eigenvalue weighted by atomic mass is 16.5. The van der Waals surface area contributed by atoms with E-state index in [1.807, 2.05) is 0 Å². The predicted octanol–water partition coefficient (Wildman–Crippen LogP) is 20.5. The summed E-state index contributed by atoms with van der Waals surface area (Å²) in [6, 6.07) is -0.543. The molecular weight excluding hydrogens is 899 g/mol. The lowest BCUT2D eigenvalue weighted by molar-refractivity contribution is -0.143. The molecule has 6 nitrogen and oxygen atoms in total. The minimum atomic E-state index is -0.666. The first kappa shape index (κ1) is 70.8. The highest BCUT2D eigenvalue weighted by Crippen LogP contribution is 2.17. The largest absolute Gasteiger partial charge is 0.466 e. The van der Waals surface area contributed by atoms with E-state index in [1.165, 1.54) is 250 Å². The summed E-state index contributed by atoms with van der Waals surface area (Å²) in [6.07, 6.45) is 79.9. The van der Waals surface area contributed by atoms with Crippen LogP contribution in [0.1, 0.15) is 341 Å². The Bertz CT molecular complexity index is 1230. The third-order valence-electron chi connectivity index (χ3n) is 14.9. The van der Waals surface area contributed by atoms with Gasteiger partial charge in [-0.15, -0.1) is 0 Å². The number of aliphatic hydroxyl groups is 2. The Labute approximate surface area is 455 Å². The van der Waals surface area contributed by atoms with Crippen molar-refractivity contribution in [1.82, 2.24) is 5.32 Å². The molecule has 0 fully saturated rings. The number of ether oxygens (including phenoxy) is 1. The maximum Gasteiger partial charge on any atom is 0.305 e. The second kappa shape index (κ2) is 62.4. The average Bonchev–Trinajstić information content (AvgIpc) is 3.39. The van der Waals surface area contributed by atoms with Gasteiger partial charge in [0.15, 0.2) is 0 Å². The van der Waals surface area contributed by atoms with E-state index in [-0.39, 0.29) is 18.5 Å². The zero-order valence-corrected chi connectivity index (χ0v) is 48.9. The lowest BCUT2D eigenvalue weighted by atomic mass is 10.0. The molecule has 2 atom stereocenters. The first-order chi connectivity index (χ1) is 36.0. The van der Waals surface area contributed by atoms with E-state index in [1.54, 1.807) is 0 Å². The molecule has 0 aliphatic carbocycles. The molecule has 73 heavy (non-hydrogen) atoms. The zero-order chi connectivity index (χ0) is 52.9. The fourth-order valence-corrected chi connectivity index (χ4v) is 9.88. The minimum absolute atomic E-state index is 0.00268. The number of unbranched alkanes of at least 4 members (excludes halogenated alkanes) is 41. The van der Waals surface area contributed by atoms with E-state index in [0.717, 1.165) is 57.8 Å². The summed E-state index contributed by atoms with van der Waals surface area (Å²) in [6.45, 7) is 4.93. The van der Waals surface area contributed by atoms with Crippen LogP contribution in [0, 0.1) is 0 Å². The van der Waals surface area contributed by atoms with Crippen LogP contribution in [-0.4, -0.2) is 47.4 Å². The van der Waals surface area contributed by atoms with Crippen molar-refractivity contribution in [1.29, 1.82) is 0 Å². The van der Waals surface area contributed by atoms with Crippen LogP contribution < -0.4 is 5.32 Å². The van der Waals surface area contributed by atoms with Gasteiger partial charge in [0.25, 0.3) is 0 Å². The van der Waals surface area contributed by atoms with Crippen molar-refractivity contribution in [3.8, 4) is 0 Å². The Kier molecular flexibility index (Phi) is 60.5. The molecule has 3 N–H and O–H groups in total. The van der Waals surface area contributed by atoms with E-state index < -0.39 is 12.1 Å².